The van der Waals surface area contributed by atoms with Crippen LogP contribution in [-0.4, -0.2) is 5.33 Å². The highest BCUT2D eigenvalue weighted by atomic mass is 79.9. The summed E-state index contributed by atoms with van der Waals surface area (Å²) < 4.78 is 39.4. The summed E-state index contributed by atoms with van der Waals surface area (Å²) in [5, 5.41) is 0.648. The predicted molar refractivity (Wildman–Crippen MR) is 74.4 cm³/mol. The lowest BCUT2D eigenvalue weighted by Gasteiger charge is -2.14. The normalized spacial score (nSPS) is 11.6. The molecule has 2 aromatic rings. The summed E-state index contributed by atoms with van der Waals surface area (Å²) in [6.45, 7) is 0. The van der Waals surface area contributed by atoms with Gasteiger partial charge in [0.25, 0.3) is 0 Å². The monoisotopic (exact) mass is 328 g/mol. The molecular weight excluding hydrogens is 317 g/mol. The smallest absolute Gasteiger partial charge is 0.166 e. The Hall–Kier alpha value is -1.29. The molecule has 0 saturated carbocycles. The molecule has 100 valence electrons. The van der Waals surface area contributed by atoms with Gasteiger partial charge in [0.2, 0.25) is 0 Å². The molecule has 0 N–H and O–H groups in total. The molecule has 2 aromatic carbocycles. The third kappa shape index (κ3) is 3.38. The third-order valence-corrected chi connectivity index (χ3v) is 3.25. The van der Waals surface area contributed by atoms with E-state index in [1.165, 1.54) is 6.07 Å². The minimum atomic E-state index is -4.34. The maximum Gasteiger partial charge on any atom is 0.417 e. The van der Waals surface area contributed by atoms with Gasteiger partial charge in [-0.05, 0) is 29.2 Å². The molecule has 0 radical (unpaired) electrons. The van der Waals surface area contributed by atoms with Crippen LogP contribution in [0.3, 0.4) is 0 Å². The number of halogens is 4. The van der Waals surface area contributed by atoms with E-state index in [-0.39, 0.29) is 5.56 Å². The molecule has 0 aliphatic carbocycles. The van der Waals surface area contributed by atoms with Gasteiger partial charge in [0.15, 0.2) is 0 Å². The standard InChI is InChI=1S/C15H12BrF3/c16-9-8-11-6-7-13(12-4-2-1-3-5-12)14(10-11)15(17,18)19/h1-7,10H,8-9H2. The van der Waals surface area contributed by atoms with Crippen LogP contribution >= 0.6 is 15.9 Å². The molecule has 0 heterocycles. The van der Waals surface area contributed by atoms with Gasteiger partial charge in [0.1, 0.15) is 0 Å². The van der Waals surface area contributed by atoms with E-state index in [9.17, 15) is 13.2 Å². The summed E-state index contributed by atoms with van der Waals surface area (Å²) in [6.07, 6.45) is -3.76. The summed E-state index contributed by atoms with van der Waals surface area (Å²) in [5.41, 5.74) is 0.924. The van der Waals surface area contributed by atoms with E-state index in [4.69, 9.17) is 0 Å². The van der Waals surface area contributed by atoms with Crippen LogP contribution in [0.4, 0.5) is 13.2 Å². The molecule has 0 bridgehead atoms. The highest BCUT2D eigenvalue weighted by Crippen LogP contribution is 2.37. The van der Waals surface area contributed by atoms with Gasteiger partial charge in [0.05, 0.1) is 5.56 Å². The molecule has 4 heteroatoms. The minimum Gasteiger partial charge on any atom is -0.166 e. The Bertz CT molecular complexity index is 547. The van der Waals surface area contributed by atoms with Crippen molar-refractivity contribution in [2.45, 2.75) is 12.6 Å². The van der Waals surface area contributed by atoms with Crippen molar-refractivity contribution in [3.8, 4) is 11.1 Å². The summed E-state index contributed by atoms with van der Waals surface area (Å²) in [4.78, 5) is 0. The molecule has 0 unspecified atom stereocenters. The zero-order valence-corrected chi connectivity index (χ0v) is 11.6. The molecule has 0 amide bonds. The van der Waals surface area contributed by atoms with Crippen LogP contribution in [0.15, 0.2) is 48.5 Å². The Morgan fingerprint density at radius 3 is 2.21 bits per heavy atom. The zero-order valence-electron chi connectivity index (χ0n) is 10.0. The van der Waals surface area contributed by atoms with Crippen molar-refractivity contribution in [1.82, 2.24) is 0 Å². The fraction of sp³-hybridized carbons (Fsp3) is 0.200. The summed E-state index contributed by atoms with van der Waals surface area (Å²) in [7, 11) is 0. The van der Waals surface area contributed by atoms with Gasteiger partial charge in [-0.25, -0.2) is 0 Å². The molecule has 2 rings (SSSR count). The first-order valence-electron chi connectivity index (χ1n) is 5.84. The van der Waals surface area contributed by atoms with Crippen LogP contribution in [0.5, 0.6) is 0 Å². The zero-order chi connectivity index (χ0) is 13.9. The van der Waals surface area contributed by atoms with Gasteiger partial charge in [-0.1, -0.05) is 58.4 Å². The van der Waals surface area contributed by atoms with Crippen LogP contribution in [0.2, 0.25) is 0 Å². The molecule has 0 aliphatic heterocycles. The molecule has 0 aromatic heterocycles. The first-order chi connectivity index (χ1) is 9.02. The minimum absolute atomic E-state index is 0.228. The van der Waals surface area contributed by atoms with E-state index in [1.54, 1.807) is 42.5 Å². The van der Waals surface area contributed by atoms with Crippen molar-refractivity contribution >= 4 is 15.9 Å². The predicted octanol–water partition coefficient (Wildman–Crippen LogP) is 5.31. The first kappa shape index (κ1) is 14.1. The Morgan fingerprint density at radius 2 is 1.63 bits per heavy atom. The maximum atomic E-state index is 13.1. The number of alkyl halides is 4. The van der Waals surface area contributed by atoms with Gasteiger partial charge in [-0.3, -0.25) is 0 Å². The van der Waals surface area contributed by atoms with Crippen molar-refractivity contribution in [3.63, 3.8) is 0 Å². The third-order valence-electron chi connectivity index (χ3n) is 2.86. The quantitative estimate of drug-likeness (QED) is 0.670. The van der Waals surface area contributed by atoms with E-state index < -0.39 is 11.7 Å². The Labute approximate surface area is 118 Å². The summed E-state index contributed by atoms with van der Waals surface area (Å²) in [5.74, 6) is 0. The molecule has 0 spiro atoms. The lowest BCUT2D eigenvalue weighted by molar-refractivity contribution is -0.137. The van der Waals surface area contributed by atoms with Crippen LogP contribution in [0.1, 0.15) is 11.1 Å². The second-order valence-corrected chi connectivity index (χ2v) is 4.98. The van der Waals surface area contributed by atoms with E-state index in [1.807, 2.05) is 0 Å². The van der Waals surface area contributed by atoms with E-state index >= 15 is 0 Å². The Kier molecular flexibility index (Phi) is 4.30. The number of rotatable bonds is 3. The fourth-order valence-electron chi connectivity index (χ4n) is 1.96. The summed E-state index contributed by atoms with van der Waals surface area (Å²) in [6, 6.07) is 13.2. The van der Waals surface area contributed by atoms with Crippen molar-refractivity contribution in [2.24, 2.45) is 0 Å². The molecule has 0 fully saturated rings. The van der Waals surface area contributed by atoms with E-state index in [2.05, 4.69) is 15.9 Å². The molecule has 0 nitrogen and oxygen atoms in total. The highest BCUT2D eigenvalue weighted by molar-refractivity contribution is 9.09. The first-order valence-corrected chi connectivity index (χ1v) is 6.96. The van der Waals surface area contributed by atoms with Crippen LogP contribution < -0.4 is 0 Å². The number of hydrogen-bond acceptors (Lipinski definition) is 0. The summed E-state index contributed by atoms with van der Waals surface area (Å²) >= 11 is 3.24. The Morgan fingerprint density at radius 1 is 0.947 bits per heavy atom. The molecule has 0 saturated heterocycles. The topological polar surface area (TPSA) is 0 Å². The van der Waals surface area contributed by atoms with Crippen LogP contribution in [0.25, 0.3) is 11.1 Å². The number of benzene rings is 2. The van der Waals surface area contributed by atoms with Crippen molar-refractivity contribution in [1.29, 1.82) is 0 Å². The average Bonchev–Trinajstić information content (AvgIpc) is 2.39. The Balaban J connectivity index is 2.55. The van der Waals surface area contributed by atoms with Crippen LogP contribution in [0, 0.1) is 0 Å². The maximum absolute atomic E-state index is 13.1. The van der Waals surface area contributed by atoms with Crippen molar-refractivity contribution in [2.75, 3.05) is 5.33 Å². The second-order valence-electron chi connectivity index (χ2n) is 4.18. The number of aryl methyl sites for hydroxylation is 1. The average molecular weight is 329 g/mol. The molecule has 0 aliphatic rings. The lowest BCUT2D eigenvalue weighted by atomic mass is 9.96. The second kappa shape index (κ2) is 5.78. The van der Waals surface area contributed by atoms with Gasteiger partial charge in [0, 0.05) is 5.33 Å². The van der Waals surface area contributed by atoms with Gasteiger partial charge >= 0.3 is 6.18 Å². The van der Waals surface area contributed by atoms with Crippen molar-refractivity contribution in [3.05, 3.63) is 59.7 Å². The molecule has 0 atom stereocenters. The van der Waals surface area contributed by atoms with E-state index in [0.29, 0.717) is 22.9 Å². The lowest BCUT2D eigenvalue weighted by Crippen LogP contribution is -2.08. The van der Waals surface area contributed by atoms with Gasteiger partial charge in [-0.15, -0.1) is 0 Å². The fourth-order valence-corrected chi connectivity index (χ4v) is 2.42. The molecule has 19 heavy (non-hydrogen) atoms. The molecular formula is C15H12BrF3. The van der Waals surface area contributed by atoms with Crippen LogP contribution in [-0.2, 0) is 12.6 Å². The highest BCUT2D eigenvalue weighted by Gasteiger charge is 2.33. The van der Waals surface area contributed by atoms with Gasteiger partial charge < -0.3 is 0 Å². The SMILES string of the molecule is FC(F)(F)c1cc(CCBr)ccc1-c1ccccc1. The van der Waals surface area contributed by atoms with Gasteiger partial charge in [-0.2, -0.15) is 13.2 Å². The van der Waals surface area contributed by atoms with E-state index in [0.717, 1.165) is 0 Å². The number of hydrogen-bond donors (Lipinski definition) is 0. The largest absolute Gasteiger partial charge is 0.417 e. The van der Waals surface area contributed by atoms with Crippen molar-refractivity contribution < 1.29 is 13.2 Å².